The molecule has 1 saturated carbocycles. The molecule has 20 heavy (non-hydrogen) atoms. The van der Waals surface area contributed by atoms with Crippen LogP contribution < -0.4 is 5.73 Å². The molecule has 1 aliphatic carbocycles. The Balaban J connectivity index is 1.85. The standard InChI is InChI=1S/C16H31N3O/c1-4-13(3)18-5-7-19(8-6-18)16(20)14-9-12(2)10-15(17)11-14/h12-15H,4-11,17H2,1-3H3. The van der Waals surface area contributed by atoms with Crippen LogP contribution in [0.4, 0.5) is 0 Å². The number of carbonyl (C=O) groups excluding carboxylic acids is 1. The van der Waals surface area contributed by atoms with Crippen LogP contribution in [0, 0.1) is 11.8 Å². The van der Waals surface area contributed by atoms with Crippen LogP contribution in [0.2, 0.25) is 0 Å². The highest BCUT2D eigenvalue weighted by atomic mass is 16.2. The Labute approximate surface area is 123 Å². The fraction of sp³-hybridized carbons (Fsp3) is 0.938. The lowest BCUT2D eigenvalue weighted by atomic mass is 9.79. The Morgan fingerprint density at radius 3 is 2.40 bits per heavy atom. The molecule has 0 aromatic rings. The lowest BCUT2D eigenvalue weighted by Gasteiger charge is -2.40. The van der Waals surface area contributed by atoms with Gasteiger partial charge in [-0.15, -0.1) is 0 Å². The van der Waals surface area contributed by atoms with Crippen molar-refractivity contribution < 1.29 is 4.79 Å². The topological polar surface area (TPSA) is 49.6 Å². The van der Waals surface area contributed by atoms with E-state index in [0.29, 0.717) is 17.9 Å². The third-order valence-corrected chi connectivity index (χ3v) is 5.17. The third kappa shape index (κ3) is 3.73. The van der Waals surface area contributed by atoms with Crippen LogP contribution in [0.5, 0.6) is 0 Å². The Morgan fingerprint density at radius 2 is 1.85 bits per heavy atom. The second kappa shape index (κ2) is 6.90. The van der Waals surface area contributed by atoms with Crippen LogP contribution in [-0.4, -0.2) is 54.0 Å². The Morgan fingerprint density at radius 1 is 1.20 bits per heavy atom. The maximum atomic E-state index is 12.6. The predicted molar refractivity (Wildman–Crippen MR) is 82.4 cm³/mol. The lowest BCUT2D eigenvalue weighted by molar-refractivity contribution is -0.139. The molecule has 1 aliphatic heterocycles. The van der Waals surface area contributed by atoms with E-state index in [9.17, 15) is 4.79 Å². The zero-order valence-corrected chi connectivity index (χ0v) is 13.3. The number of piperazine rings is 1. The fourth-order valence-electron chi connectivity index (χ4n) is 3.76. The number of hydrogen-bond donors (Lipinski definition) is 1. The molecule has 1 saturated heterocycles. The van der Waals surface area contributed by atoms with Crippen molar-refractivity contribution in [2.75, 3.05) is 26.2 Å². The summed E-state index contributed by atoms with van der Waals surface area (Å²) in [5, 5.41) is 0. The molecule has 2 aliphatic rings. The van der Waals surface area contributed by atoms with E-state index in [0.717, 1.165) is 45.4 Å². The minimum atomic E-state index is 0.170. The zero-order valence-electron chi connectivity index (χ0n) is 13.3. The van der Waals surface area contributed by atoms with Crippen LogP contribution in [0.3, 0.4) is 0 Å². The number of hydrogen-bond acceptors (Lipinski definition) is 3. The van der Waals surface area contributed by atoms with Crippen LogP contribution in [0.15, 0.2) is 0 Å². The van der Waals surface area contributed by atoms with E-state index >= 15 is 0 Å². The van der Waals surface area contributed by atoms with E-state index < -0.39 is 0 Å². The highest BCUT2D eigenvalue weighted by Gasteiger charge is 2.33. The van der Waals surface area contributed by atoms with E-state index in [1.54, 1.807) is 0 Å². The summed E-state index contributed by atoms with van der Waals surface area (Å²) in [5.41, 5.74) is 6.08. The first-order valence-corrected chi connectivity index (χ1v) is 8.29. The molecule has 4 unspecified atom stereocenters. The average molecular weight is 281 g/mol. The van der Waals surface area contributed by atoms with Crippen LogP contribution in [-0.2, 0) is 4.79 Å². The fourth-order valence-corrected chi connectivity index (χ4v) is 3.76. The second-order valence-corrected chi connectivity index (χ2v) is 6.89. The van der Waals surface area contributed by atoms with E-state index in [-0.39, 0.29) is 12.0 Å². The van der Waals surface area contributed by atoms with Gasteiger partial charge in [0.25, 0.3) is 0 Å². The molecule has 0 aromatic carbocycles. The second-order valence-electron chi connectivity index (χ2n) is 6.89. The predicted octanol–water partition coefficient (Wildman–Crippen LogP) is 1.69. The molecule has 4 nitrogen and oxygen atoms in total. The summed E-state index contributed by atoms with van der Waals surface area (Å²) >= 11 is 0. The largest absolute Gasteiger partial charge is 0.340 e. The molecule has 0 bridgehead atoms. The quantitative estimate of drug-likeness (QED) is 0.856. The van der Waals surface area contributed by atoms with Gasteiger partial charge in [-0.05, 0) is 38.5 Å². The van der Waals surface area contributed by atoms with Crippen molar-refractivity contribution in [1.82, 2.24) is 9.80 Å². The number of rotatable bonds is 3. The summed E-state index contributed by atoms with van der Waals surface area (Å²) in [7, 11) is 0. The normalized spacial score (nSPS) is 34.0. The summed E-state index contributed by atoms with van der Waals surface area (Å²) in [6, 6.07) is 0.851. The molecule has 116 valence electrons. The van der Waals surface area contributed by atoms with Gasteiger partial charge in [0.2, 0.25) is 5.91 Å². The number of carbonyl (C=O) groups is 1. The zero-order chi connectivity index (χ0) is 14.7. The van der Waals surface area contributed by atoms with E-state index in [4.69, 9.17) is 5.73 Å². The maximum absolute atomic E-state index is 12.6. The highest BCUT2D eigenvalue weighted by Crippen LogP contribution is 2.29. The van der Waals surface area contributed by atoms with Gasteiger partial charge in [-0.25, -0.2) is 0 Å². The van der Waals surface area contributed by atoms with Gasteiger partial charge in [0.15, 0.2) is 0 Å². The van der Waals surface area contributed by atoms with E-state index in [1.807, 2.05) is 0 Å². The van der Waals surface area contributed by atoms with Gasteiger partial charge in [-0.2, -0.15) is 0 Å². The van der Waals surface area contributed by atoms with Crippen molar-refractivity contribution in [3.8, 4) is 0 Å². The number of nitrogens with zero attached hydrogens (tertiary/aromatic N) is 2. The molecule has 0 aromatic heterocycles. The Bertz CT molecular complexity index is 316. The van der Waals surface area contributed by atoms with Gasteiger partial charge < -0.3 is 10.6 Å². The van der Waals surface area contributed by atoms with Crippen molar-refractivity contribution in [3.63, 3.8) is 0 Å². The van der Waals surface area contributed by atoms with Gasteiger partial charge in [-0.1, -0.05) is 13.8 Å². The third-order valence-electron chi connectivity index (χ3n) is 5.17. The first kappa shape index (κ1) is 15.8. The molecule has 4 atom stereocenters. The van der Waals surface area contributed by atoms with Crippen molar-refractivity contribution >= 4 is 5.91 Å². The molecule has 1 amide bonds. The lowest BCUT2D eigenvalue weighted by Crippen LogP contribution is -2.53. The van der Waals surface area contributed by atoms with Crippen molar-refractivity contribution in [3.05, 3.63) is 0 Å². The Hall–Kier alpha value is -0.610. The van der Waals surface area contributed by atoms with Gasteiger partial charge >= 0.3 is 0 Å². The molecule has 4 heteroatoms. The summed E-state index contributed by atoms with van der Waals surface area (Å²) in [5.74, 6) is 1.12. The summed E-state index contributed by atoms with van der Waals surface area (Å²) in [4.78, 5) is 17.2. The van der Waals surface area contributed by atoms with Crippen molar-refractivity contribution in [2.24, 2.45) is 17.6 Å². The first-order valence-electron chi connectivity index (χ1n) is 8.29. The summed E-state index contributed by atoms with van der Waals surface area (Å²) < 4.78 is 0. The SMILES string of the molecule is CCC(C)N1CCN(C(=O)C2CC(C)CC(N)C2)CC1. The molecular formula is C16H31N3O. The minimum absolute atomic E-state index is 0.170. The van der Waals surface area contributed by atoms with Crippen LogP contribution in [0.25, 0.3) is 0 Å². The molecule has 2 fully saturated rings. The van der Waals surface area contributed by atoms with Gasteiger partial charge in [0, 0.05) is 44.2 Å². The van der Waals surface area contributed by atoms with Crippen molar-refractivity contribution in [1.29, 1.82) is 0 Å². The average Bonchev–Trinajstić information content (AvgIpc) is 2.45. The minimum Gasteiger partial charge on any atom is -0.340 e. The molecule has 0 radical (unpaired) electrons. The number of amides is 1. The molecule has 2 rings (SSSR count). The first-order chi connectivity index (χ1) is 9.51. The Kier molecular flexibility index (Phi) is 5.44. The molecular weight excluding hydrogens is 250 g/mol. The van der Waals surface area contributed by atoms with Crippen LogP contribution >= 0.6 is 0 Å². The molecule has 0 spiro atoms. The number of nitrogens with two attached hydrogens (primary N) is 1. The maximum Gasteiger partial charge on any atom is 0.225 e. The van der Waals surface area contributed by atoms with Crippen LogP contribution in [0.1, 0.15) is 46.5 Å². The molecule has 1 heterocycles. The van der Waals surface area contributed by atoms with Gasteiger partial charge in [0.1, 0.15) is 0 Å². The van der Waals surface area contributed by atoms with Crippen molar-refractivity contribution in [2.45, 2.75) is 58.5 Å². The molecule has 2 N–H and O–H groups in total. The monoisotopic (exact) mass is 281 g/mol. The highest BCUT2D eigenvalue weighted by molar-refractivity contribution is 5.79. The summed E-state index contributed by atoms with van der Waals surface area (Å²) in [6.07, 6.45) is 4.17. The summed E-state index contributed by atoms with van der Waals surface area (Å²) in [6.45, 7) is 10.6. The van der Waals surface area contributed by atoms with Gasteiger partial charge in [0.05, 0.1) is 0 Å². The van der Waals surface area contributed by atoms with Gasteiger partial charge in [-0.3, -0.25) is 9.69 Å². The van der Waals surface area contributed by atoms with E-state index in [2.05, 4.69) is 30.6 Å². The smallest absolute Gasteiger partial charge is 0.225 e. The van der Waals surface area contributed by atoms with E-state index in [1.165, 1.54) is 6.42 Å².